The molecule has 0 spiro atoms. The fourth-order valence-electron chi connectivity index (χ4n) is 2.21. The Morgan fingerprint density at radius 2 is 1.75 bits per heavy atom. The molecule has 2 aromatic rings. The van der Waals surface area contributed by atoms with Gasteiger partial charge in [0.25, 0.3) is 5.91 Å². The number of aliphatic hydroxyl groups excluding tert-OH is 1. The predicted octanol–water partition coefficient (Wildman–Crippen LogP) is 1.71. The Morgan fingerprint density at radius 1 is 1.08 bits per heavy atom. The molecule has 0 fully saturated rings. The smallest absolute Gasteiger partial charge is 0.251 e. The fourth-order valence-corrected chi connectivity index (χ4v) is 2.21. The maximum Gasteiger partial charge on any atom is 0.251 e. The van der Waals surface area contributed by atoms with Gasteiger partial charge in [-0.3, -0.25) is 9.59 Å². The minimum absolute atomic E-state index is 0.113. The highest BCUT2D eigenvalue weighted by Gasteiger charge is 2.14. The van der Waals surface area contributed by atoms with E-state index >= 15 is 0 Å². The van der Waals surface area contributed by atoms with Crippen LogP contribution in [0.3, 0.4) is 0 Å². The van der Waals surface area contributed by atoms with Gasteiger partial charge < -0.3 is 15.7 Å². The molecule has 2 amide bonds. The van der Waals surface area contributed by atoms with Crippen LogP contribution >= 0.6 is 0 Å². The number of nitrogens with one attached hydrogen (secondary N) is 2. The van der Waals surface area contributed by atoms with Gasteiger partial charge in [0, 0.05) is 17.7 Å². The summed E-state index contributed by atoms with van der Waals surface area (Å²) in [6.07, 6.45) is -1.15. The SMILES string of the molecule is Cc1ccccc1C(=O)NCC(=O)NCC(O)c1ccccc1F. The molecule has 24 heavy (non-hydrogen) atoms. The first kappa shape index (κ1) is 17.6. The molecular formula is C18H19FN2O3. The molecule has 0 aliphatic carbocycles. The number of carbonyl (C=O) groups excluding carboxylic acids is 2. The zero-order valence-electron chi connectivity index (χ0n) is 13.3. The summed E-state index contributed by atoms with van der Waals surface area (Å²) >= 11 is 0. The summed E-state index contributed by atoms with van der Waals surface area (Å²) in [6.45, 7) is 1.44. The van der Waals surface area contributed by atoms with Gasteiger partial charge in [0.15, 0.2) is 0 Å². The second-order valence-corrected chi connectivity index (χ2v) is 5.34. The molecule has 0 saturated carbocycles. The Balaban J connectivity index is 1.81. The number of amides is 2. The third-order valence-corrected chi connectivity index (χ3v) is 3.56. The summed E-state index contributed by atoms with van der Waals surface area (Å²) in [5, 5.41) is 14.9. The van der Waals surface area contributed by atoms with Gasteiger partial charge in [-0.15, -0.1) is 0 Å². The van der Waals surface area contributed by atoms with Gasteiger partial charge >= 0.3 is 0 Å². The normalized spacial score (nSPS) is 11.6. The van der Waals surface area contributed by atoms with Crippen LogP contribution in [0, 0.1) is 12.7 Å². The Kier molecular flexibility index (Phi) is 6.03. The van der Waals surface area contributed by atoms with E-state index in [0.717, 1.165) is 5.56 Å². The maximum atomic E-state index is 13.5. The van der Waals surface area contributed by atoms with E-state index in [1.807, 2.05) is 6.07 Å². The van der Waals surface area contributed by atoms with Crippen molar-refractivity contribution in [3.63, 3.8) is 0 Å². The van der Waals surface area contributed by atoms with Gasteiger partial charge in [-0.05, 0) is 24.6 Å². The summed E-state index contributed by atoms with van der Waals surface area (Å²) < 4.78 is 13.5. The van der Waals surface area contributed by atoms with Crippen LogP contribution in [0.15, 0.2) is 48.5 Å². The zero-order valence-corrected chi connectivity index (χ0v) is 13.3. The van der Waals surface area contributed by atoms with Crippen LogP contribution in [-0.4, -0.2) is 30.0 Å². The molecule has 1 unspecified atom stereocenters. The van der Waals surface area contributed by atoms with Gasteiger partial charge in [0.05, 0.1) is 12.6 Å². The molecule has 0 aromatic heterocycles. The number of aryl methyl sites for hydroxylation is 1. The van der Waals surface area contributed by atoms with Crippen LogP contribution < -0.4 is 10.6 Å². The van der Waals surface area contributed by atoms with Crippen molar-refractivity contribution in [1.82, 2.24) is 10.6 Å². The fraction of sp³-hybridized carbons (Fsp3) is 0.222. The number of benzene rings is 2. The van der Waals surface area contributed by atoms with Gasteiger partial charge in [0.2, 0.25) is 5.91 Å². The molecule has 6 heteroatoms. The number of hydrogen-bond acceptors (Lipinski definition) is 3. The minimum Gasteiger partial charge on any atom is -0.386 e. The van der Waals surface area contributed by atoms with Crippen molar-refractivity contribution in [2.45, 2.75) is 13.0 Å². The number of aliphatic hydroxyl groups is 1. The van der Waals surface area contributed by atoms with Crippen molar-refractivity contribution in [3.8, 4) is 0 Å². The van der Waals surface area contributed by atoms with Crippen molar-refractivity contribution in [1.29, 1.82) is 0 Å². The lowest BCUT2D eigenvalue weighted by Crippen LogP contribution is -2.38. The van der Waals surface area contributed by atoms with Crippen LogP contribution in [0.2, 0.25) is 0 Å². The first-order valence-electron chi connectivity index (χ1n) is 7.52. The largest absolute Gasteiger partial charge is 0.386 e. The molecule has 0 radical (unpaired) electrons. The number of rotatable bonds is 6. The number of hydrogen-bond donors (Lipinski definition) is 3. The van der Waals surface area contributed by atoms with E-state index in [9.17, 15) is 19.1 Å². The van der Waals surface area contributed by atoms with Crippen molar-refractivity contribution in [3.05, 3.63) is 71.0 Å². The average Bonchev–Trinajstić information content (AvgIpc) is 2.58. The highest BCUT2D eigenvalue weighted by Crippen LogP contribution is 2.15. The molecule has 3 N–H and O–H groups in total. The third kappa shape index (κ3) is 4.63. The molecule has 0 aliphatic heterocycles. The Morgan fingerprint density at radius 3 is 2.46 bits per heavy atom. The first-order chi connectivity index (χ1) is 11.5. The van der Waals surface area contributed by atoms with Crippen LogP contribution in [0.5, 0.6) is 0 Å². The van der Waals surface area contributed by atoms with E-state index < -0.39 is 17.8 Å². The molecule has 5 nitrogen and oxygen atoms in total. The van der Waals surface area contributed by atoms with Crippen LogP contribution in [0.4, 0.5) is 4.39 Å². The Hall–Kier alpha value is -2.73. The predicted molar refractivity (Wildman–Crippen MR) is 87.9 cm³/mol. The third-order valence-electron chi connectivity index (χ3n) is 3.56. The molecular weight excluding hydrogens is 311 g/mol. The zero-order chi connectivity index (χ0) is 17.5. The summed E-state index contributed by atoms with van der Waals surface area (Å²) in [5.74, 6) is -1.35. The Bertz CT molecular complexity index is 734. The summed E-state index contributed by atoms with van der Waals surface area (Å²) in [6, 6.07) is 12.9. The summed E-state index contributed by atoms with van der Waals surface area (Å²) in [4.78, 5) is 23.7. The number of halogens is 1. The van der Waals surface area contributed by atoms with Crippen molar-refractivity contribution in [2.75, 3.05) is 13.1 Å². The van der Waals surface area contributed by atoms with Crippen LogP contribution in [-0.2, 0) is 4.79 Å². The highest BCUT2D eigenvalue weighted by molar-refractivity contribution is 5.97. The topological polar surface area (TPSA) is 78.4 Å². The summed E-state index contributed by atoms with van der Waals surface area (Å²) in [7, 11) is 0. The molecule has 126 valence electrons. The molecule has 0 aliphatic rings. The molecule has 1 atom stereocenters. The van der Waals surface area contributed by atoms with Gasteiger partial charge in [0.1, 0.15) is 5.82 Å². The number of carbonyl (C=O) groups is 2. The van der Waals surface area contributed by atoms with Crippen molar-refractivity contribution in [2.24, 2.45) is 0 Å². The lowest BCUT2D eigenvalue weighted by molar-refractivity contribution is -0.120. The van der Waals surface area contributed by atoms with Crippen molar-refractivity contribution >= 4 is 11.8 Å². The molecule has 2 aromatic carbocycles. The average molecular weight is 330 g/mol. The minimum atomic E-state index is -1.15. The maximum absolute atomic E-state index is 13.5. The van der Waals surface area contributed by atoms with E-state index in [1.54, 1.807) is 31.2 Å². The second-order valence-electron chi connectivity index (χ2n) is 5.34. The second kappa shape index (κ2) is 8.21. The monoisotopic (exact) mass is 330 g/mol. The summed E-state index contributed by atoms with van der Waals surface area (Å²) in [5.41, 5.74) is 1.42. The lowest BCUT2D eigenvalue weighted by Gasteiger charge is -2.13. The first-order valence-corrected chi connectivity index (χ1v) is 7.52. The van der Waals surface area contributed by atoms with Gasteiger partial charge in [-0.1, -0.05) is 36.4 Å². The standard InChI is InChI=1S/C18H19FN2O3/c1-12-6-2-3-7-13(12)18(24)21-11-17(23)20-10-16(22)14-8-4-5-9-15(14)19/h2-9,16,22H,10-11H2,1H3,(H,20,23)(H,21,24). The molecule has 0 bridgehead atoms. The van der Waals surface area contributed by atoms with E-state index in [0.29, 0.717) is 5.56 Å². The Labute approximate surface area is 139 Å². The van der Waals surface area contributed by atoms with Crippen LogP contribution in [0.25, 0.3) is 0 Å². The van der Waals surface area contributed by atoms with Crippen LogP contribution in [0.1, 0.15) is 27.6 Å². The molecule has 2 rings (SSSR count). The van der Waals surface area contributed by atoms with E-state index in [2.05, 4.69) is 10.6 Å². The quantitative estimate of drug-likeness (QED) is 0.754. The molecule has 0 saturated heterocycles. The van der Waals surface area contributed by atoms with E-state index in [-0.39, 0.29) is 24.6 Å². The molecule has 0 heterocycles. The highest BCUT2D eigenvalue weighted by atomic mass is 19.1. The van der Waals surface area contributed by atoms with Crippen molar-refractivity contribution < 1.29 is 19.1 Å². The van der Waals surface area contributed by atoms with E-state index in [1.165, 1.54) is 18.2 Å². The van der Waals surface area contributed by atoms with Gasteiger partial charge in [-0.25, -0.2) is 4.39 Å². The lowest BCUT2D eigenvalue weighted by atomic mass is 10.1. The van der Waals surface area contributed by atoms with Gasteiger partial charge in [-0.2, -0.15) is 0 Å². The van der Waals surface area contributed by atoms with E-state index in [4.69, 9.17) is 0 Å².